The highest BCUT2D eigenvalue weighted by Crippen LogP contribution is 2.33. The van der Waals surface area contributed by atoms with Crippen LogP contribution in [-0.4, -0.2) is 0 Å². The molecule has 2 N–H and O–H groups in total. The zero-order chi connectivity index (χ0) is 9.42. The van der Waals surface area contributed by atoms with Crippen molar-refractivity contribution in [3.63, 3.8) is 0 Å². The van der Waals surface area contributed by atoms with Crippen molar-refractivity contribution in [1.29, 1.82) is 0 Å². The molecular formula is C9H8ClNS2. The quantitative estimate of drug-likeness (QED) is 0.437. The summed E-state index contributed by atoms with van der Waals surface area (Å²) in [4.78, 5) is 0. The van der Waals surface area contributed by atoms with Crippen LogP contribution in [0, 0.1) is 0 Å². The number of alkyl halides is 1. The van der Waals surface area contributed by atoms with Gasteiger partial charge >= 0.3 is 0 Å². The van der Waals surface area contributed by atoms with Crippen LogP contribution in [0.5, 0.6) is 0 Å². The highest BCUT2D eigenvalue weighted by Gasteiger charge is 2.04. The maximum atomic E-state index is 5.86. The standard InChI is InChI=1S/C9H8ClNS2/c10-4-5-1-6-3-8(12)13-9(6)7(11)2-5/h1-3,12H,4,11H2. The predicted molar refractivity (Wildman–Crippen MR) is 63.0 cm³/mol. The molecule has 0 saturated carbocycles. The van der Waals surface area contributed by atoms with Gasteiger partial charge in [-0.15, -0.1) is 35.6 Å². The largest absolute Gasteiger partial charge is 0.398 e. The van der Waals surface area contributed by atoms with E-state index in [-0.39, 0.29) is 0 Å². The maximum absolute atomic E-state index is 5.86. The number of nitrogens with two attached hydrogens (primary N) is 1. The molecule has 0 fully saturated rings. The Bertz CT molecular complexity index is 450. The first-order valence-corrected chi connectivity index (χ1v) is 5.57. The molecule has 0 unspecified atom stereocenters. The third-order valence-electron chi connectivity index (χ3n) is 1.85. The van der Waals surface area contributed by atoms with Crippen LogP contribution in [0.3, 0.4) is 0 Å². The second-order valence-corrected chi connectivity index (χ2v) is 4.93. The van der Waals surface area contributed by atoms with Crippen LogP contribution in [-0.2, 0) is 5.88 Å². The molecule has 1 aromatic carbocycles. The Morgan fingerprint density at radius 3 is 2.85 bits per heavy atom. The Kier molecular flexibility index (Phi) is 2.41. The van der Waals surface area contributed by atoms with Gasteiger partial charge < -0.3 is 5.73 Å². The number of fused-ring (bicyclic) bond motifs is 1. The van der Waals surface area contributed by atoms with E-state index in [0.29, 0.717) is 5.88 Å². The number of benzene rings is 1. The number of thiol groups is 1. The fraction of sp³-hybridized carbons (Fsp3) is 0.111. The minimum absolute atomic E-state index is 0.498. The average molecular weight is 230 g/mol. The fourth-order valence-corrected chi connectivity index (χ4v) is 2.68. The number of rotatable bonds is 1. The number of nitrogen functional groups attached to an aromatic ring is 1. The second-order valence-electron chi connectivity index (χ2n) is 2.82. The van der Waals surface area contributed by atoms with Crippen LogP contribution >= 0.6 is 35.6 Å². The first-order valence-electron chi connectivity index (χ1n) is 3.77. The van der Waals surface area contributed by atoms with Gasteiger partial charge in [0.2, 0.25) is 0 Å². The summed E-state index contributed by atoms with van der Waals surface area (Å²) in [6.45, 7) is 0. The van der Waals surface area contributed by atoms with E-state index >= 15 is 0 Å². The molecule has 13 heavy (non-hydrogen) atoms. The summed E-state index contributed by atoms with van der Waals surface area (Å²) < 4.78 is 2.08. The number of hydrogen-bond acceptors (Lipinski definition) is 3. The zero-order valence-electron chi connectivity index (χ0n) is 6.75. The van der Waals surface area contributed by atoms with Crippen molar-refractivity contribution in [2.45, 2.75) is 10.1 Å². The highest BCUT2D eigenvalue weighted by molar-refractivity contribution is 7.83. The number of halogens is 1. The minimum atomic E-state index is 0.498. The van der Waals surface area contributed by atoms with Gasteiger partial charge in [-0.2, -0.15) is 0 Å². The maximum Gasteiger partial charge on any atom is 0.0584 e. The Labute approximate surface area is 90.9 Å². The van der Waals surface area contributed by atoms with Gasteiger partial charge in [0, 0.05) is 11.6 Å². The number of hydrogen-bond donors (Lipinski definition) is 2. The summed E-state index contributed by atoms with van der Waals surface area (Å²) >= 11 is 11.6. The fourth-order valence-electron chi connectivity index (χ4n) is 1.31. The molecule has 4 heteroatoms. The third-order valence-corrected chi connectivity index (χ3v) is 3.56. The van der Waals surface area contributed by atoms with Crippen molar-refractivity contribution in [3.8, 4) is 0 Å². The smallest absolute Gasteiger partial charge is 0.0584 e. The van der Waals surface area contributed by atoms with Crippen LogP contribution in [0.4, 0.5) is 5.69 Å². The van der Waals surface area contributed by atoms with Gasteiger partial charge in [0.05, 0.1) is 8.91 Å². The molecule has 1 aromatic heterocycles. The lowest BCUT2D eigenvalue weighted by molar-refractivity contribution is 1.43. The van der Waals surface area contributed by atoms with Gasteiger partial charge in [0.15, 0.2) is 0 Å². The minimum Gasteiger partial charge on any atom is -0.398 e. The molecule has 1 nitrogen and oxygen atoms in total. The summed E-state index contributed by atoms with van der Waals surface area (Å²) in [5.41, 5.74) is 7.71. The Morgan fingerprint density at radius 1 is 1.38 bits per heavy atom. The van der Waals surface area contributed by atoms with Crippen molar-refractivity contribution < 1.29 is 0 Å². The van der Waals surface area contributed by atoms with E-state index < -0.39 is 0 Å². The van der Waals surface area contributed by atoms with Crippen LogP contribution < -0.4 is 5.73 Å². The molecule has 0 amide bonds. The number of thiophene rings is 1. The monoisotopic (exact) mass is 229 g/mol. The summed E-state index contributed by atoms with van der Waals surface area (Å²) in [5, 5.41) is 1.13. The van der Waals surface area contributed by atoms with Gasteiger partial charge in [0.25, 0.3) is 0 Å². The first kappa shape index (κ1) is 9.19. The summed E-state index contributed by atoms with van der Waals surface area (Å²) in [6, 6.07) is 5.98. The molecule has 0 radical (unpaired) electrons. The zero-order valence-corrected chi connectivity index (χ0v) is 9.22. The van der Waals surface area contributed by atoms with Crippen molar-refractivity contribution in [3.05, 3.63) is 23.8 Å². The second kappa shape index (κ2) is 3.40. The lowest BCUT2D eigenvalue weighted by Crippen LogP contribution is -1.86. The van der Waals surface area contributed by atoms with Gasteiger partial charge in [-0.1, -0.05) is 0 Å². The summed E-state index contributed by atoms with van der Waals surface area (Å²) in [7, 11) is 0. The Balaban J connectivity index is 2.75. The van der Waals surface area contributed by atoms with Crippen molar-refractivity contribution in [2.24, 2.45) is 0 Å². The van der Waals surface area contributed by atoms with E-state index in [1.54, 1.807) is 11.3 Å². The van der Waals surface area contributed by atoms with Crippen LogP contribution in [0.25, 0.3) is 10.1 Å². The van der Waals surface area contributed by atoms with Crippen molar-refractivity contribution in [1.82, 2.24) is 0 Å². The molecule has 0 aliphatic carbocycles. The van der Waals surface area contributed by atoms with Crippen LogP contribution in [0.15, 0.2) is 22.4 Å². The molecule has 0 atom stereocenters. The molecule has 0 aliphatic heterocycles. The van der Waals surface area contributed by atoms with E-state index in [2.05, 4.69) is 18.7 Å². The van der Waals surface area contributed by atoms with E-state index in [0.717, 1.165) is 25.5 Å². The van der Waals surface area contributed by atoms with Gasteiger partial charge in [-0.25, -0.2) is 0 Å². The number of anilines is 1. The molecule has 0 spiro atoms. The topological polar surface area (TPSA) is 26.0 Å². The Morgan fingerprint density at radius 2 is 2.15 bits per heavy atom. The Hall–Kier alpha value is -0.380. The average Bonchev–Trinajstić information content (AvgIpc) is 2.46. The molecule has 1 heterocycles. The molecular weight excluding hydrogens is 222 g/mol. The molecule has 0 aliphatic rings. The van der Waals surface area contributed by atoms with Gasteiger partial charge in [-0.05, 0) is 29.1 Å². The summed E-state index contributed by atoms with van der Waals surface area (Å²) in [5.74, 6) is 0.498. The van der Waals surface area contributed by atoms with E-state index in [1.165, 1.54) is 0 Å². The molecule has 0 saturated heterocycles. The molecule has 2 aromatic rings. The lowest BCUT2D eigenvalue weighted by Gasteiger charge is -1.99. The normalized spacial score (nSPS) is 10.9. The highest BCUT2D eigenvalue weighted by atomic mass is 35.5. The predicted octanol–water partition coefficient (Wildman–Crippen LogP) is 3.51. The third kappa shape index (κ3) is 1.64. The van der Waals surface area contributed by atoms with Gasteiger partial charge in [0.1, 0.15) is 0 Å². The summed E-state index contributed by atoms with van der Waals surface area (Å²) in [6.07, 6.45) is 0. The van der Waals surface area contributed by atoms with E-state index in [9.17, 15) is 0 Å². The molecule has 2 rings (SSSR count). The lowest BCUT2D eigenvalue weighted by atomic mass is 10.1. The van der Waals surface area contributed by atoms with E-state index in [1.807, 2.05) is 12.1 Å². The van der Waals surface area contributed by atoms with Crippen molar-refractivity contribution >= 4 is 51.3 Å². The molecule has 68 valence electrons. The molecule has 0 bridgehead atoms. The van der Waals surface area contributed by atoms with Crippen molar-refractivity contribution in [2.75, 3.05) is 5.73 Å². The first-order chi connectivity index (χ1) is 6.20. The SMILES string of the molecule is Nc1cc(CCl)cc2cc(S)sc12. The van der Waals surface area contributed by atoms with Crippen LogP contribution in [0.1, 0.15) is 5.56 Å². The van der Waals surface area contributed by atoms with Crippen LogP contribution in [0.2, 0.25) is 0 Å². The van der Waals surface area contributed by atoms with E-state index in [4.69, 9.17) is 17.3 Å². The van der Waals surface area contributed by atoms with Gasteiger partial charge in [-0.3, -0.25) is 0 Å².